The van der Waals surface area contributed by atoms with Gasteiger partial charge in [0.05, 0.1) is 16.0 Å². The van der Waals surface area contributed by atoms with E-state index in [0.29, 0.717) is 5.56 Å². The molecule has 1 aliphatic rings. The van der Waals surface area contributed by atoms with Gasteiger partial charge in [0.25, 0.3) is 0 Å². The molecule has 2 nitrogen and oxygen atoms in total. The summed E-state index contributed by atoms with van der Waals surface area (Å²) in [6, 6.07) is 20.3. The molecule has 3 heteroatoms. The molecule has 1 aliphatic carbocycles. The summed E-state index contributed by atoms with van der Waals surface area (Å²) in [4.78, 5) is 4.91. The lowest BCUT2D eigenvalue weighted by Gasteiger charge is -2.22. The van der Waals surface area contributed by atoms with E-state index in [4.69, 9.17) is 4.98 Å². The van der Waals surface area contributed by atoms with E-state index in [1.54, 1.807) is 17.5 Å². The summed E-state index contributed by atoms with van der Waals surface area (Å²) in [7, 11) is 0. The number of hydrogen-bond donors (Lipinski definition) is 0. The number of thiophene rings is 1. The second kappa shape index (κ2) is 8.01. The Morgan fingerprint density at radius 3 is 2.46 bits per heavy atom. The molecule has 37 heavy (non-hydrogen) atoms. The van der Waals surface area contributed by atoms with E-state index < -0.39 is 0 Å². The van der Waals surface area contributed by atoms with Crippen molar-refractivity contribution < 1.29 is 0 Å². The van der Waals surface area contributed by atoms with Crippen molar-refractivity contribution in [1.29, 1.82) is 5.26 Å². The Bertz CT molecular complexity index is 1790. The van der Waals surface area contributed by atoms with Gasteiger partial charge in [-0.25, -0.2) is 0 Å². The zero-order valence-corrected chi connectivity index (χ0v) is 23.5. The van der Waals surface area contributed by atoms with Crippen LogP contribution in [-0.4, -0.2) is 4.98 Å². The average Bonchev–Trinajstić information content (AvgIpc) is 3.34. The highest BCUT2D eigenvalue weighted by Gasteiger charge is 2.36. The van der Waals surface area contributed by atoms with E-state index in [0.717, 1.165) is 27.8 Å². The van der Waals surface area contributed by atoms with E-state index in [1.165, 1.54) is 49.0 Å². The molecular weight excluding hydrogens is 468 g/mol. The standard InChI is InChI=1S/C34H32N2S/c1-19-14-22(15-27-28(19)24-10-8-9-11-26(24)34(27,6)7)30-32-29(23(17-35)18-36-30)25-13-12-21(16-33(3,4)5)20(2)31(25)37-32/h8-15,18H,16H2,1-7H3. The molecule has 0 spiro atoms. The van der Waals surface area contributed by atoms with Crippen molar-refractivity contribution in [3.8, 4) is 28.5 Å². The second-order valence-electron chi connectivity index (χ2n) is 12.3. The second-order valence-corrected chi connectivity index (χ2v) is 13.3. The third kappa shape index (κ3) is 3.54. The molecule has 2 aromatic heterocycles. The normalized spacial score (nSPS) is 14.1. The van der Waals surface area contributed by atoms with Crippen LogP contribution in [0, 0.1) is 30.6 Å². The summed E-state index contributed by atoms with van der Waals surface area (Å²) in [5.41, 5.74) is 12.3. The van der Waals surface area contributed by atoms with Crippen LogP contribution in [-0.2, 0) is 11.8 Å². The van der Waals surface area contributed by atoms with Crippen molar-refractivity contribution in [1.82, 2.24) is 4.98 Å². The van der Waals surface area contributed by atoms with Crippen LogP contribution in [0.2, 0.25) is 0 Å². The first-order chi connectivity index (χ1) is 17.5. The molecule has 0 fully saturated rings. The molecule has 0 N–H and O–H groups in total. The largest absolute Gasteiger partial charge is 0.253 e. The number of nitriles is 1. The molecule has 5 aromatic rings. The van der Waals surface area contributed by atoms with Gasteiger partial charge in [0.1, 0.15) is 6.07 Å². The fourth-order valence-corrected chi connectivity index (χ4v) is 7.60. The minimum Gasteiger partial charge on any atom is -0.253 e. The maximum atomic E-state index is 10.0. The fraction of sp³-hybridized carbons (Fsp3) is 0.294. The summed E-state index contributed by atoms with van der Waals surface area (Å²) in [6.07, 6.45) is 2.80. The van der Waals surface area contributed by atoms with Crippen LogP contribution in [0.1, 0.15) is 68.0 Å². The molecule has 6 rings (SSSR count). The fourth-order valence-electron chi connectivity index (χ4n) is 6.24. The Kier molecular flexibility index (Phi) is 5.17. The van der Waals surface area contributed by atoms with E-state index in [9.17, 15) is 5.26 Å². The molecular formula is C34H32N2S. The van der Waals surface area contributed by atoms with Crippen molar-refractivity contribution in [3.05, 3.63) is 88.1 Å². The van der Waals surface area contributed by atoms with Crippen LogP contribution in [0.25, 0.3) is 42.6 Å². The molecule has 2 heterocycles. The first kappa shape index (κ1) is 23.9. The van der Waals surface area contributed by atoms with Gasteiger partial charge in [-0.2, -0.15) is 5.26 Å². The Hall–Kier alpha value is -3.48. The maximum Gasteiger partial charge on any atom is 0.101 e. The van der Waals surface area contributed by atoms with Gasteiger partial charge in [0.15, 0.2) is 0 Å². The summed E-state index contributed by atoms with van der Waals surface area (Å²) >= 11 is 1.79. The van der Waals surface area contributed by atoms with Crippen molar-refractivity contribution in [3.63, 3.8) is 0 Å². The van der Waals surface area contributed by atoms with Crippen molar-refractivity contribution in [2.75, 3.05) is 0 Å². The maximum absolute atomic E-state index is 10.0. The molecule has 0 radical (unpaired) electrons. The highest BCUT2D eigenvalue weighted by atomic mass is 32.1. The summed E-state index contributed by atoms with van der Waals surface area (Å²) in [6.45, 7) is 15.9. The highest BCUT2D eigenvalue weighted by molar-refractivity contribution is 7.26. The predicted molar refractivity (Wildman–Crippen MR) is 157 cm³/mol. The lowest BCUT2D eigenvalue weighted by atomic mass is 9.81. The Labute approximate surface area is 223 Å². The predicted octanol–water partition coefficient (Wildman–Crippen LogP) is 9.50. The Morgan fingerprint density at radius 1 is 0.973 bits per heavy atom. The average molecular weight is 501 g/mol. The van der Waals surface area contributed by atoms with Crippen LogP contribution in [0.15, 0.2) is 54.7 Å². The lowest BCUT2D eigenvalue weighted by Crippen LogP contribution is -2.15. The molecule has 0 bridgehead atoms. The SMILES string of the molecule is Cc1cc(-c2ncc(C#N)c3c2sc2c(C)c(CC(C)(C)C)ccc23)cc2c1-c1ccccc1C2(C)C. The van der Waals surface area contributed by atoms with Gasteiger partial charge in [0.2, 0.25) is 0 Å². The summed E-state index contributed by atoms with van der Waals surface area (Å²) in [5, 5.41) is 12.2. The zero-order chi connectivity index (χ0) is 26.3. The highest BCUT2D eigenvalue weighted by Crippen LogP contribution is 2.52. The minimum atomic E-state index is -0.0724. The van der Waals surface area contributed by atoms with Crippen LogP contribution < -0.4 is 0 Å². The molecule has 0 amide bonds. The van der Waals surface area contributed by atoms with E-state index in [-0.39, 0.29) is 10.8 Å². The summed E-state index contributed by atoms with van der Waals surface area (Å²) < 4.78 is 2.38. The number of pyridine rings is 1. The first-order valence-electron chi connectivity index (χ1n) is 13.0. The summed E-state index contributed by atoms with van der Waals surface area (Å²) in [5.74, 6) is 0. The van der Waals surface area contributed by atoms with Gasteiger partial charge in [-0.1, -0.05) is 71.0 Å². The number of aromatic nitrogens is 1. The number of nitrogens with zero attached hydrogens (tertiary/aromatic N) is 2. The molecule has 0 unspecified atom stereocenters. The minimum absolute atomic E-state index is 0.0724. The zero-order valence-electron chi connectivity index (χ0n) is 22.7. The third-order valence-electron chi connectivity index (χ3n) is 8.02. The topological polar surface area (TPSA) is 36.7 Å². The van der Waals surface area contributed by atoms with Crippen molar-refractivity contribution >= 4 is 31.5 Å². The number of fused-ring (bicyclic) bond motifs is 6. The van der Waals surface area contributed by atoms with E-state index in [2.05, 4.69) is 103 Å². The monoisotopic (exact) mass is 500 g/mol. The first-order valence-corrected chi connectivity index (χ1v) is 13.8. The van der Waals surface area contributed by atoms with Gasteiger partial charge in [-0.15, -0.1) is 11.3 Å². The van der Waals surface area contributed by atoms with Gasteiger partial charge in [-0.05, 0) is 76.8 Å². The van der Waals surface area contributed by atoms with Crippen LogP contribution in [0.4, 0.5) is 0 Å². The molecule has 0 saturated heterocycles. The Balaban J connectivity index is 1.62. The Morgan fingerprint density at radius 2 is 1.73 bits per heavy atom. The third-order valence-corrected chi connectivity index (χ3v) is 9.35. The molecule has 3 aromatic carbocycles. The number of rotatable bonds is 2. The van der Waals surface area contributed by atoms with Crippen LogP contribution >= 0.6 is 11.3 Å². The molecule has 0 atom stereocenters. The van der Waals surface area contributed by atoms with Crippen molar-refractivity contribution in [2.24, 2.45) is 5.41 Å². The van der Waals surface area contributed by atoms with Gasteiger partial charge in [-0.3, -0.25) is 4.98 Å². The van der Waals surface area contributed by atoms with E-state index >= 15 is 0 Å². The molecule has 184 valence electrons. The number of aryl methyl sites for hydroxylation is 2. The van der Waals surface area contributed by atoms with Gasteiger partial charge in [0, 0.05) is 32.6 Å². The molecule has 0 saturated carbocycles. The molecule has 0 aliphatic heterocycles. The van der Waals surface area contributed by atoms with Crippen molar-refractivity contribution in [2.45, 2.75) is 60.3 Å². The number of hydrogen-bond acceptors (Lipinski definition) is 3. The lowest BCUT2D eigenvalue weighted by molar-refractivity contribution is 0.410. The van der Waals surface area contributed by atoms with Crippen LogP contribution in [0.3, 0.4) is 0 Å². The van der Waals surface area contributed by atoms with E-state index in [1.807, 2.05) is 0 Å². The van der Waals surface area contributed by atoms with Gasteiger partial charge < -0.3 is 0 Å². The quantitative estimate of drug-likeness (QED) is 0.242. The van der Waals surface area contributed by atoms with Crippen LogP contribution in [0.5, 0.6) is 0 Å². The number of benzene rings is 3. The van der Waals surface area contributed by atoms with Gasteiger partial charge >= 0.3 is 0 Å². The smallest absolute Gasteiger partial charge is 0.101 e.